The van der Waals surface area contributed by atoms with Crippen LogP contribution in [0.4, 0.5) is 10.5 Å². The van der Waals surface area contributed by atoms with Crippen molar-refractivity contribution in [3.63, 3.8) is 0 Å². The SMILES string of the molecule is Cc1nc(-c2onc(C)c2CNC(=O)O[C@H](C)c2ccccc2)ccc1NC(=O)C1CCCCC1C(=O)O. The van der Waals surface area contributed by atoms with E-state index in [-0.39, 0.29) is 12.5 Å². The highest BCUT2D eigenvalue weighted by atomic mass is 16.6. The first-order chi connectivity index (χ1) is 18.2. The zero-order valence-electron chi connectivity index (χ0n) is 21.7. The van der Waals surface area contributed by atoms with Crippen molar-refractivity contribution in [1.29, 1.82) is 0 Å². The second-order valence-electron chi connectivity index (χ2n) is 9.54. The molecule has 10 heteroatoms. The molecule has 1 aliphatic rings. The third-order valence-corrected chi connectivity index (χ3v) is 6.94. The van der Waals surface area contributed by atoms with E-state index >= 15 is 0 Å². The Hall–Kier alpha value is -4.21. The molecule has 3 aromatic rings. The molecule has 3 N–H and O–H groups in total. The molecular formula is C28H32N4O6. The van der Waals surface area contributed by atoms with Crippen molar-refractivity contribution in [2.75, 3.05) is 5.32 Å². The van der Waals surface area contributed by atoms with Crippen molar-refractivity contribution in [3.05, 3.63) is 65.0 Å². The van der Waals surface area contributed by atoms with Crippen molar-refractivity contribution in [2.24, 2.45) is 11.8 Å². The van der Waals surface area contributed by atoms with Crippen LogP contribution in [0.1, 0.15) is 61.2 Å². The van der Waals surface area contributed by atoms with E-state index in [4.69, 9.17) is 9.26 Å². The molecular weight excluding hydrogens is 488 g/mol. The molecule has 3 atom stereocenters. The highest BCUT2D eigenvalue weighted by Gasteiger charge is 2.36. The maximum Gasteiger partial charge on any atom is 0.408 e. The molecule has 200 valence electrons. The van der Waals surface area contributed by atoms with Crippen LogP contribution in [0.3, 0.4) is 0 Å². The number of anilines is 1. The highest BCUT2D eigenvalue weighted by Crippen LogP contribution is 2.32. The number of hydrogen-bond donors (Lipinski definition) is 3. The van der Waals surface area contributed by atoms with Gasteiger partial charge in [0.25, 0.3) is 0 Å². The summed E-state index contributed by atoms with van der Waals surface area (Å²) in [5.74, 6) is -2.09. The molecule has 38 heavy (non-hydrogen) atoms. The second-order valence-corrected chi connectivity index (χ2v) is 9.54. The highest BCUT2D eigenvalue weighted by molar-refractivity contribution is 5.95. The maximum absolute atomic E-state index is 12.9. The smallest absolute Gasteiger partial charge is 0.408 e. The Balaban J connectivity index is 1.42. The number of aryl methyl sites for hydroxylation is 2. The Morgan fingerprint density at radius 3 is 2.45 bits per heavy atom. The van der Waals surface area contributed by atoms with Gasteiger partial charge in [0.1, 0.15) is 11.8 Å². The van der Waals surface area contributed by atoms with E-state index in [0.29, 0.717) is 46.9 Å². The number of nitrogens with one attached hydrogen (secondary N) is 2. The number of aliphatic carboxylic acids is 1. The zero-order valence-corrected chi connectivity index (χ0v) is 21.7. The summed E-state index contributed by atoms with van der Waals surface area (Å²) in [5, 5.41) is 19.1. The molecule has 2 aromatic heterocycles. The summed E-state index contributed by atoms with van der Waals surface area (Å²) in [6.07, 6.45) is 1.71. The summed E-state index contributed by atoms with van der Waals surface area (Å²) in [5.41, 5.74) is 3.68. The van der Waals surface area contributed by atoms with Gasteiger partial charge in [-0.15, -0.1) is 0 Å². The third kappa shape index (κ3) is 6.19. The molecule has 4 rings (SSSR count). The number of benzene rings is 1. The monoisotopic (exact) mass is 520 g/mol. The molecule has 2 heterocycles. The van der Waals surface area contributed by atoms with Gasteiger partial charge in [0, 0.05) is 5.56 Å². The van der Waals surface area contributed by atoms with Crippen LogP contribution in [-0.2, 0) is 20.9 Å². The van der Waals surface area contributed by atoms with Gasteiger partial charge in [-0.1, -0.05) is 48.3 Å². The van der Waals surface area contributed by atoms with Crippen LogP contribution in [0.2, 0.25) is 0 Å². The fraction of sp³-hybridized carbons (Fsp3) is 0.393. The van der Waals surface area contributed by atoms with Gasteiger partial charge >= 0.3 is 12.1 Å². The van der Waals surface area contributed by atoms with Gasteiger partial charge in [0.05, 0.1) is 35.5 Å². The number of hydrogen-bond acceptors (Lipinski definition) is 7. The number of amides is 2. The van der Waals surface area contributed by atoms with Crippen molar-refractivity contribution in [1.82, 2.24) is 15.5 Å². The van der Waals surface area contributed by atoms with Gasteiger partial charge in [-0.25, -0.2) is 9.78 Å². The largest absolute Gasteiger partial charge is 0.481 e. The van der Waals surface area contributed by atoms with E-state index in [9.17, 15) is 19.5 Å². The van der Waals surface area contributed by atoms with Gasteiger partial charge in [-0.05, 0) is 51.3 Å². The zero-order chi connectivity index (χ0) is 27.2. The Bertz CT molecular complexity index is 1310. The molecule has 0 bridgehead atoms. The number of aromatic nitrogens is 2. The summed E-state index contributed by atoms with van der Waals surface area (Å²) in [6, 6.07) is 12.8. The number of alkyl carbamates (subject to hydrolysis) is 1. The van der Waals surface area contributed by atoms with E-state index in [1.165, 1.54) is 0 Å². The molecule has 1 saturated carbocycles. The first-order valence-electron chi connectivity index (χ1n) is 12.7. The molecule has 0 spiro atoms. The molecule has 1 fully saturated rings. The number of carboxylic acids is 1. The molecule has 0 saturated heterocycles. The molecule has 1 aliphatic carbocycles. The second kappa shape index (κ2) is 11.9. The van der Waals surface area contributed by atoms with Crippen molar-refractivity contribution < 1.29 is 28.8 Å². The summed E-state index contributed by atoms with van der Waals surface area (Å²) in [4.78, 5) is 41.5. The van der Waals surface area contributed by atoms with Crippen LogP contribution in [0.25, 0.3) is 11.5 Å². The average molecular weight is 521 g/mol. The van der Waals surface area contributed by atoms with Crippen LogP contribution in [0.5, 0.6) is 0 Å². The van der Waals surface area contributed by atoms with Crippen LogP contribution in [0.15, 0.2) is 47.0 Å². The lowest BCUT2D eigenvalue weighted by Crippen LogP contribution is -2.36. The lowest BCUT2D eigenvalue weighted by molar-refractivity contribution is -0.147. The summed E-state index contributed by atoms with van der Waals surface area (Å²) in [6.45, 7) is 5.45. The average Bonchev–Trinajstić information content (AvgIpc) is 3.29. The lowest BCUT2D eigenvalue weighted by Gasteiger charge is -2.27. The van der Waals surface area contributed by atoms with E-state index < -0.39 is 30.0 Å². The normalized spacial score (nSPS) is 17.9. The molecule has 1 aromatic carbocycles. The Morgan fingerprint density at radius 2 is 1.76 bits per heavy atom. The van der Waals surface area contributed by atoms with Crippen LogP contribution < -0.4 is 10.6 Å². The van der Waals surface area contributed by atoms with Gasteiger partial charge < -0.3 is 25.0 Å². The third-order valence-electron chi connectivity index (χ3n) is 6.94. The number of ether oxygens (including phenoxy) is 1. The van der Waals surface area contributed by atoms with Gasteiger partial charge in [-0.3, -0.25) is 9.59 Å². The standard InChI is InChI=1S/C28H32N4O6/c1-16-22(15-29-28(36)37-18(3)19-9-5-4-6-10-19)25(38-32-16)24-14-13-23(17(2)30-24)31-26(33)20-11-7-8-12-21(20)27(34)35/h4-6,9-10,13-14,18,20-21H,7-8,11-12,15H2,1-3H3,(H,29,36)(H,31,33)(H,34,35)/t18-,20?,21?/m1/s1. The first-order valence-corrected chi connectivity index (χ1v) is 12.7. The molecule has 2 amide bonds. The van der Waals surface area contributed by atoms with Crippen molar-refractivity contribution >= 4 is 23.7 Å². The number of carboxylic acid groups (broad SMARTS) is 1. The molecule has 0 aliphatic heterocycles. The minimum Gasteiger partial charge on any atom is -0.481 e. The fourth-order valence-corrected chi connectivity index (χ4v) is 4.74. The first kappa shape index (κ1) is 26.8. The minimum atomic E-state index is -0.935. The number of carbonyl (C=O) groups is 3. The van der Waals surface area contributed by atoms with E-state index in [1.807, 2.05) is 30.3 Å². The minimum absolute atomic E-state index is 0.127. The number of carbonyl (C=O) groups excluding carboxylic acids is 2. The van der Waals surface area contributed by atoms with Gasteiger partial charge in [-0.2, -0.15) is 0 Å². The van der Waals surface area contributed by atoms with E-state index in [1.54, 1.807) is 32.9 Å². The molecule has 10 nitrogen and oxygen atoms in total. The Labute approximate surface area is 220 Å². The topological polar surface area (TPSA) is 144 Å². The van der Waals surface area contributed by atoms with Crippen LogP contribution in [-0.4, -0.2) is 33.2 Å². The predicted octanol–water partition coefficient (Wildman–Crippen LogP) is 5.17. The Kier molecular flexibility index (Phi) is 8.40. The Morgan fingerprint density at radius 1 is 1.05 bits per heavy atom. The molecule has 2 unspecified atom stereocenters. The van der Waals surface area contributed by atoms with E-state index in [0.717, 1.165) is 18.4 Å². The summed E-state index contributed by atoms with van der Waals surface area (Å²) >= 11 is 0. The predicted molar refractivity (Wildman–Crippen MR) is 139 cm³/mol. The number of pyridine rings is 1. The quantitative estimate of drug-likeness (QED) is 0.369. The summed E-state index contributed by atoms with van der Waals surface area (Å²) in [7, 11) is 0. The number of rotatable bonds is 8. The van der Waals surface area contributed by atoms with Crippen LogP contribution in [0, 0.1) is 25.7 Å². The van der Waals surface area contributed by atoms with Crippen molar-refractivity contribution in [3.8, 4) is 11.5 Å². The van der Waals surface area contributed by atoms with Crippen LogP contribution >= 0.6 is 0 Å². The van der Waals surface area contributed by atoms with Gasteiger partial charge in [0.2, 0.25) is 5.91 Å². The van der Waals surface area contributed by atoms with Gasteiger partial charge in [0.15, 0.2) is 5.76 Å². The maximum atomic E-state index is 12.9. The summed E-state index contributed by atoms with van der Waals surface area (Å²) < 4.78 is 11.0. The lowest BCUT2D eigenvalue weighted by atomic mass is 9.78. The van der Waals surface area contributed by atoms with E-state index in [2.05, 4.69) is 20.8 Å². The fourth-order valence-electron chi connectivity index (χ4n) is 4.74. The van der Waals surface area contributed by atoms with Crippen molar-refractivity contribution in [2.45, 2.75) is 59.1 Å². The molecule has 0 radical (unpaired) electrons. The number of nitrogens with zero attached hydrogens (tertiary/aromatic N) is 2.